The first-order chi connectivity index (χ1) is 9.99. The molecule has 2 amide bonds. The van der Waals surface area contributed by atoms with Crippen molar-refractivity contribution in [3.8, 4) is 0 Å². The van der Waals surface area contributed by atoms with Gasteiger partial charge in [0.25, 0.3) is 0 Å². The molecule has 1 heterocycles. The fraction of sp³-hybridized carbons (Fsp3) is 0.600. The number of aryl methyl sites for hydroxylation is 2. The average molecular weight is 293 g/mol. The van der Waals surface area contributed by atoms with Crippen molar-refractivity contribution in [1.82, 2.24) is 15.8 Å². The highest BCUT2D eigenvalue weighted by Crippen LogP contribution is 2.17. The maximum atomic E-state index is 11.9. The van der Waals surface area contributed by atoms with E-state index in [0.29, 0.717) is 6.42 Å². The van der Waals surface area contributed by atoms with E-state index in [4.69, 9.17) is 9.63 Å². The minimum atomic E-state index is -0.192. The normalized spacial score (nSPS) is 22.3. The van der Waals surface area contributed by atoms with Crippen LogP contribution in [-0.2, 0) is 6.42 Å². The van der Waals surface area contributed by atoms with Gasteiger partial charge in [-0.15, -0.1) is 0 Å². The summed E-state index contributed by atoms with van der Waals surface area (Å²) in [5.74, 6) is 0.945. The molecule has 21 heavy (non-hydrogen) atoms. The molecule has 116 valence electrons. The summed E-state index contributed by atoms with van der Waals surface area (Å²) >= 11 is 0. The Bertz CT molecular complexity index is 505. The second-order valence-electron chi connectivity index (χ2n) is 5.70. The number of aromatic nitrogens is 1. The maximum Gasteiger partial charge on any atom is 0.315 e. The molecular formula is C15H23N3O3. The molecule has 1 aromatic rings. The number of aliphatic hydroxyl groups is 1. The second-order valence-corrected chi connectivity index (χ2v) is 5.70. The van der Waals surface area contributed by atoms with Gasteiger partial charge >= 0.3 is 6.03 Å². The summed E-state index contributed by atoms with van der Waals surface area (Å²) in [6, 6.07) is -0.211. The van der Waals surface area contributed by atoms with Crippen LogP contribution < -0.4 is 10.6 Å². The molecule has 0 bridgehead atoms. The predicted octanol–water partition coefficient (Wildman–Crippen LogP) is 1.46. The number of nitrogens with one attached hydrogen (secondary N) is 2. The number of amides is 2. The minimum absolute atomic E-state index is 0.00610. The Hall–Kier alpha value is -1.82. The molecule has 0 aromatic carbocycles. The first-order valence-corrected chi connectivity index (χ1v) is 7.27. The van der Waals surface area contributed by atoms with Crippen LogP contribution in [-0.4, -0.2) is 35.0 Å². The van der Waals surface area contributed by atoms with Gasteiger partial charge in [0.2, 0.25) is 0 Å². The van der Waals surface area contributed by atoms with E-state index in [1.54, 1.807) is 0 Å². The Morgan fingerprint density at radius 3 is 2.86 bits per heavy atom. The fourth-order valence-corrected chi connectivity index (χ4v) is 2.60. The second kappa shape index (κ2) is 6.76. The van der Waals surface area contributed by atoms with Gasteiger partial charge in [0, 0.05) is 30.2 Å². The Morgan fingerprint density at radius 1 is 1.52 bits per heavy atom. The van der Waals surface area contributed by atoms with E-state index in [1.807, 2.05) is 32.9 Å². The molecule has 3 atom stereocenters. The van der Waals surface area contributed by atoms with Crippen molar-refractivity contribution < 1.29 is 14.4 Å². The van der Waals surface area contributed by atoms with Crippen LogP contribution in [0.4, 0.5) is 4.79 Å². The Labute approximate surface area is 124 Å². The van der Waals surface area contributed by atoms with E-state index in [1.165, 1.54) is 0 Å². The molecule has 0 saturated heterocycles. The van der Waals surface area contributed by atoms with Gasteiger partial charge in [-0.25, -0.2) is 4.79 Å². The number of carbonyl (C=O) groups is 1. The van der Waals surface area contributed by atoms with Crippen molar-refractivity contribution in [3.05, 3.63) is 29.2 Å². The van der Waals surface area contributed by atoms with E-state index >= 15 is 0 Å². The van der Waals surface area contributed by atoms with E-state index < -0.39 is 0 Å². The molecule has 0 spiro atoms. The summed E-state index contributed by atoms with van der Waals surface area (Å²) < 4.78 is 5.12. The van der Waals surface area contributed by atoms with E-state index in [0.717, 1.165) is 23.4 Å². The molecule has 0 aliphatic heterocycles. The molecule has 3 N–H and O–H groups in total. The molecular weight excluding hydrogens is 270 g/mol. The first-order valence-electron chi connectivity index (χ1n) is 7.27. The number of carbonyl (C=O) groups excluding carboxylic acids is 1. The van der Waals surface area contributed by atoms with Crippen molar-refractivity contribution in [2.45, 2.75) is 45.7 Å². The molecule has 2 rings (SSSR count). The topological polar surface area (TPSA) is 87.4 Å². The highest BCUT2D eigenvalue weighted by Gasteiger charge is 2.21. The van der Waals surface area contributed by atoms with Crippen LogP contribution in [0.1, 0.15) is 30.4 Å². The van der Waals surface area contributed by atoms with Gasteiger partial charge in [-0.3, -0.25) is 0 Å². The fourth-order valence-electron chi connectivity index (χ4n) is 2.60. The molecule has 0 radical (unpaired) electrons. The lowest BCUT2D eigenvalue weighted by molar-refractivity contribution is 0.229. The lowest BCUT2D eigenvalue weighted by Crippen LogP contribution is -2.45. The molecule has 1 aliphatic carbocycles. The molecule has 0 saturated carbocycles. The van der Waals surface area contributed by atoms with Crippen LogP contribution >= 0.6 is 0 Å². The van der Waals surface area contributed by atoms with Gasteiger partial charge in [0.1, 0.15) is 5.76 Å². The quantitative estimate of drug-likeness (QED) is 0.717. The summed E-state index contributed by atoms with van der Waals surface area (Å²) in [6.07, 6.45) is 5.31. The third kappa shape index (κ3) is 4.07. The lowest BCUT2D eigenvalue weighted by Gasteiger charge is -2.17. The van der Waals surface area contributed by atoms with Gasteiger partial charge in [-0.05, 0) is 33.6 Å². The number of aliphatic hydroxyl groups excluding tert-OH is 1. The predicted molar refractivity (Wildman–Crippen MR) is 78.9 cm³/mol. The highest BCUT2D eigenvalue weighted by molar-refractivity contribution is 5.74. The van der Waals surface area contributed by atoms with Crippen LogP contribution in [0.2, 0.25) is 0 Å². The third-order valence-corrected chi connectivity index (χ3v) is 3.79. The summed E-state index contributed by atoms with van der Waals surface area (Å²) in [4.78, 5) is 11.9. The van der Waals surface area contributed by atoms with Crippen molar-refractivity contribution >= 4 is 6.03 Å². The summed E-state index contributed by atoms with van der Waals surface area (Å²) in [6.45, 7) is 5.85. The molecule has 1 aromatic heterocycles. The monoisotopic (exact) mass is 293 g/mol. The summed E-state index contributed by atoms with van der Waals surface area (Å²) in [5.41, 5.74) is 1.91. The summed E-state index contributed by atoms with van der Waals surface area (Å²) in [5, 5.41) is 18.8. The van der Waals surface area contributed by atoms with E-state index in [2.05, 4.69) is 15.8 Å². The van der Waals surface area contributed by atoms with Crippen molar-refractivity contribution in [2.75, 3.05) is 6.61 Å². The van der Waals surface area contributed by atoms with Crippen molar-refractivity contribution in [3.63, 3.8) is 0 Å². The van der Waals surface area contributed by atoms with E-state index in [9.17, 15) is 4.79 Å². The van der Waals surface area contributed by atoms with Gasteiger partial charge in [-0.2, -0.15) is 0 Å². The summed E-state index contributed by atoms with van der Waals surface area (Å²) in [7, 11) is 0. The number of rotatable bonds is 5. The number of urea groups is 1. The third-order valence-electron chi connectivity index (χ3n) is 3.79. The number of nitrogens with zero attached hydrogens (tertiary/aromatic N) is 1. The van der Waals surface area contributed by atoms with Crippen LogP contribution in [0.5, 0.6) is 0 Å². The molecule has 6 heteroatoms. The van der Waals surface area contributed by atoms with Crippen LogP contribution in [0.15, 0.2) is 16.7 Å². The zero-order valence-electron chi connectivity index (χ0n) is 12.7. The Kier molecular flexibility index (Phi) is 5.01. The first kappa shape index (κ1) is 15.6. The van der Waals surface area contributed by atoms with Crippen molar-refractivity contribution in [1.29, 1.82) is 0 Å². The highest BCUT2D eigenvalue weighted by atomic mass is 16.5. The number of hydrogen-bond donors (Lipinski definition) is 3. The van der Waals surface area contributed by atoms with Gasteiger partial charge in [0.05, 0.1) is 5.69 Å². The SMILES string of the molecule is Cc1noc(C)c1CC(C)NC(=O)N[C@@H]1C=C[C@H](CO)C1. The van der Waals surface area contributed by atoms with Gasteiger partial charge in [0.15, 0.2) is 0 Å². The standard InChI is InChI=1S/C15H23N3O3/c1-9(6-14-10(2)18-21-11(14)3)16-15(20)17-13-5-4-12(7-13)8-19/h4-5,9,12-13,19H,6-8H2,1-3H3,(H2,16,17,20)/t9?,12-,13+/m0/s1. The van der Waals surface area contributed by atoms with E-state index in [-0.39, 0.29) is 30.6 Å². The largest absolute Gasteiger partial charge is 0.396 e. The van der Waals surface area contributed by atoms with Gasteiger partial charge in [-0.1, -0.05) is 17.3 Å². The maximum absolute atomic E-state index is 11.9. The minimum Gasteiger partial charge on any atom is -0.396 e. The molecule has 1 aliphatic rings. The number of hydrogen-bond acceptors (Lipinski definition) is 4. The van der Waals surface area contributed by atoms with Crippen LogP contribution in [0.25, 0.3) is 0 Å². The zero-order valence-corrected chi connectivity index (χ0v) is 12.7. The molecule has 1 unspecified atom stereocenters. The Balaban J connectivity index is 1.79. The zero-order chi connectivity index (χ0) is 15.4. The smallest absolute Gasteiger partial charge is 0.315 e. The van der Waals surface area contributed by atoms with Crippen molar-refractivity contribution in [2.24, 2.45) is 5.92 Å². The van der Waals surface area contributed by atoms with Crippen LogP contribution in [0, 0.1) is 19.8 Å². The molecule has 0 fully saturated rings. The molecule has 6 nitrogen and oxygen atoms in total. The lowest BCUT2D eigenvalue weighted by atomic mass is 10.1. The van der Waals surface area contributed by atoms with Crippen LogP contribution in [0.3, 0.4) is 0 Å². The van der Waals surface area contributed by atoms with Gasteiger partial charge < -0.3 is 20.3 Å². The Morgan fingerprint density at radius 2 is 2.29 bits per heavy atom. The average Bonchev–Trinajstić information content (AvgIpc) is 3.00.